The molecule has 0 amide bonds. The summed E-state index contributed by atoms with van der Waals surface area (Å²) in [6.45, 7) is 1.23. The van der Waals surface area contributed by atoms with Gasteiger partial charge in [-0.2, -0.15) is 0 Å². The van der Waals surface area contributed by atoms with Crippen LogP contribution in [0.15, 0.2) is 36.4 Å². The molecule has 0 radical (unpaired) electrons. The molecule has 0 unspecified atom stereocenters. The van der Waals surface area contributed by atoms with Crippen molar-refractivity contribution in [3.8, 4) is 23.0 Å². The SMILES string of the molecule is COc1cc([C@H](O)[C@H](CO)Oc2ccc(CCCO[C@@H]3O[C@H](C)[C@H](O)[C@@H](O)[C@@H]3O)cc2O)ccc1O. The lowest BCUT2D eigenvalue weighted by atomic mass is 10.00. The number of hydrogen-bond acceptors (Lipinski definition) is 11. The van der Waals surface area contributed by atoms with Gasteiger partial charge in [0.1, 0.15) is 24.4 Å². The maximum absolute atomic E-state index is 10.6. The minimum absolute atomic E-state index is 0.0686. The third-order valence-electron chi connectivity index (χ3n) is 6.08. The zero-order valence-electron chi connectivity index (χ0n) is 20.1. The second-order valence-electron chi connectivity index (χ2n) is 8.67. The zero-order chi connectivity index (χ0) is 26.4. The van der Waals surface area contributed by atoms with Crippen molar-refractivity contribution in [2.75, 3.05) is 20.3 Å². The van der Waals surface area contributed by atoms with E-state index >= 15 is 0 Å². The van der Waals surface area contributed by atoms with Gasteiger partial charge in [-0.3, -0.25) is 0 Å². The number of phenols is 2. The molecule has 200 valence electrons. The standard InChI is InChI=1S/C25H34O11/c1-13-21(29)23(31)24(32)25(35-13)34-9-3-4-14-5-8-18(17(28)10-14)36-20(12-26)22(30)15-6-7-16(27)19(11-15)33-2/h5-8,10-11,13,20-32H,3-4,9,12H2,1-2H3/t13-,20+,21+,22+,23-,24+,25-/m1/s1. The van der Waals surface area contributed by atoms with E-state index in [-0.39, 0.29) is 29.6 Å². The van der Waals surface area contributed by atoms with Crippen LogP contribution in [0.2, 0.25) is 0 Å². The molecule has 2 aromatic carbocycles. The summed E-state index contributed by atoms with van der Waals surface area (Å²) in [5.41, 5.74) is 1.12. The van der Waals surface area contributed by atoms with Gasteiger partial charge in [-0.15, -0.1) is 0 Å². The highest BCUT2D eigenvalue weighted by atomic mass is 16.7. The Morgan fingerprint density at radius 2 is 1.69 bits per heavy atom. The summed E-state index contributed by atoms with van der Waals surface area (Å²) in [7, 11) is 1.38. The summed E-state index contributed by atoms with van der Waals surface area (Å²) in [6.07, 6.45) is -7.00. The van der Waals surface area contributed by atoms with Crippen LogP contribution in [-0.4, -0.2) is 92.9 Å². The van der Waals surface area contributed by atoms with Crippen molar-refractivity contribution in [2.45, 2.75) is 62.7 Å². The molecule has 7 N–H and O–H groups in total. The molecule has 0 aromatic heterocycles. The fourth-order valence-corrected chi connectivity index (χ4v) is 3.90. The van der Waals surface area contributed by atoms with Gasteiger partial charge in [0.2, 0.25) is 0 Å². The van der Waals surface area contributed by atoms with Crippen molar-refractivity contribution in [2.24, 2.45) is 0 Å². The van der Waals surface area contributed by atoms with E-state index < -0.39 is 49.5 Å². The van der Waals surface area contributed by atoms with Gasteiger partial charge in [0.05, 0.1) is 26.4 Å². The molecule has 1 fully saturated rings. The number of aliphatic hydroxyl groups excluding tert-OH is 5. The number of phenolic OH excluding ortho intramolecular Hbond substituents is 2. The average Bonchev–Trinajstić information content (AvgIpc) is 2.87. The molecule has 1 heterocycles. The summed E-state index contributed by atoms with van der Waals surface area (Å²) in [5.74, 6) is -0.0485. The minimum atomic E-state index is -1.37. The number of aromatic hydroxyl groups is 2. The second kappa shape index (κ2) is 12.5. The van der Waals surface area contributed by atoms with Crippen LogP contribution in [0, 0.1) is 0 Å². The van der Waals surface area contributed by atoms with Crippen LogP contribution in [0.1, 0.15) is 30.6 Å². The highest BCUT2D eigenvalue weighted by Gasteiger charge is 2.42. The van der Waals surface area contributed by atoms with Crippen molar-refractivity contribution in [1.82, 2.24) is 0 Å². The molecular weight excluding hydrogens is 476 g/mol. The van der Waals surface area contributed by atoms with E-state index in [2.05, 4.69) is 0 Å². The normalized spacial score (nSPS) is 25.8. The maximum Gasteiger partial charge on any atom is 0.186 e. The smallest absolute Gasteiger partial charge is 0.186 e. The molecular formula is C25H34O11. The van der Waals surface area contributed by atoms with Crippen LogP contribution < -0.4 is 9.47 Å². The van der Waals surface area contributed by atoms with Crippen LogP contribution >= 0.6 is 0 Å². The fourth-order valence-electron chi connectivity index (χ4n) is 3.90. The number of aryl methyl sites for hydroxylation is 1. The van der Waals surface area contributed by atoms with Gasteiger partial charge in [-0.05, 0) is 55.2 Å². The average molecular weight is 511 g/mol. The van der Waals surface area contributed by atoms with Gasteiger partial charge in [-0.25, -0.2) is 0 Å². The summed E-state index contributed by atoms with van der Waals surface area (Å²) in [5, 5.41) is 70.1. The Balaban J connectivity index is 1.54. The Morgan fingerprint density at radius 3 is 2.36 bits per heavy atom. The fraction of sp³-hybridized carbons (Fsp3) is 0.520. The Hall–Kier alpha value is -2.64. The first-order chi connectivity index (χ1) is 17.2. The van der Waals surface area contributed by atoms with Crippen LogP contribution in [-0.2, 0) is 15.9 Å². The molecule has 0 aliphatic carbocycles. The van der Waals surface area contributed by atoms with Gasteiger partial charge in [-0.1, -0.05) is 12.1 Å². The van der Waals surface area contributed by atoms with Crippen molar-refractivity contribution in [1.29, 1.82) is 0 Å². The summed E-state index contributed by atoms with van der Waals surface area (Å²) in [4.78, 5) is 0. The molecule has 2 aromatic rings. The van der Waals surface area contributed by atoms with Crippen LogP contribution in [0.3, 0.4) is 0 Å². The van der Waals surface area contributed by atoms with Gasteiger partial charge < -0.3 is 54.7 Å². The lowest BCUT2D eigenvalue weighted by molar-refractivity contribution is -0.293. The summed E-state index contributed by atoms with van der Waals surface area (Å²) < 4.78 is 21.6. The Morgan fingerprint density at radius 1 is 0.944 bits per heavy atom. The molecule has 1 saturated heterocycles. The first kappa shape index (κ1) is 27.9. The van der Waals surface area contributed by atoms with E-state index in [1.165, 1.54) is 37.4 Å². The van der Waals surface area contributed by atoms with Crippen molar-refractivity contribution < 1.29 is 54.7 Å². The maximum atomic E-state index is 10.6. The largest absolute Gasteiger partial charge is 0.504 e. The molecule has 1 aliphatic heterocycles. The lowest BCUT2D eigenvalue weighted by Gasteiger charge is -2.38. The first-order valence-corrected chi connectivity index (χ1v) is 11.6. The van der Waals surface area contributed by atoms with Gasteiger partial charge in [0, 0.05) is 0 Å². The number of aliphatic hydroxyl groups is 5. The molecule has 0 spiro atoms. The minimum Gasteiger partial charge on any atom is -0.504 e. The highest BCUT2D eigenvalue weighted by molar-refractivity contribution is 5.44. The van der Waals surface area contributed by atoms with Gasteiger partial charge in [0.25, 0.3) is 0 Å². The summed E-state index contributed by atoms with van der Waals surface area (Å²) in [6, 6.07) is 8.99. The third kappa shape index (κ3) is 6.56. The number of methoxy groups -OCH3 is 1. The van der Waals surface area contributed by atoms with Crippen LogP contribution in [0.5, 0.6) is 23.0 Å². The van der Waals surface area contributed by atoms with Crippen molar-refractivity contribution >= 4 is 0 Å². The predicted molar refractivity (Wildman–Crippen MR) is 126 cm³/mol. The second-order valence-corrected chi connectivity index (χ2v) is 8.67. The van der Waals surface area contributed by atoms with Crippen LogP contribution in [0.4, 0.5) is 0 Å². The first-order valence-electron chi connectivity index (χ1n) is 11.6. The summed E-state index contributed by atoms with van der Waals surface area (Å²) >= 11 is 0. The molecule has 0 bridgehead atoms. The van der Waals surface area contributed by atoms with E-state index in [1.807, 2.05) is 0 Å². The molecule has 1 aliphatic rings. The van der Waals surface area contributed by atoms with E-state index in [1.54, 1.807) is 13.0 Å². The van der Waals surface area contributed by atoms with Crippen molar-refractivity contribution in [3.63, 3.8) is 0 Å². The predicted octanol–water partition coefficient (Wildman–Crippen LogP) is 0.356. The Bertz CT molecular complexity index is 984. The monoisotopic (exact) mass is 510 g/mol. The molecule has 36 heavy (non-hydrogen) atoms. The molecule has 7 atom stereocenters. The van der Waals surface area contributed by atoms with E-state index in [0.29, 0.717) is 18.4 Å². The topological polar surface area (TPSA) is 179 Å². The van der Waals surface area contributed by atoms with E-state index in [4.69, 9.17) is 18.9 Å². The van der Waals surface area contributed by atoms with E-state index in [9.17, 15) is 35.7 Å². The highest BCUT2D eigenvalue weighted by Crippen LogP contribution is 2.33. The van der Waals surface area contributed by atoms with Gasteiger partial charge in [0.15, 0.2) is 35.4 Å². The van der Waals surface area contributed by atoms with E-state index in [0.717, 1.165) is 5.56 Å². The number of ether oxygens (including phenoxy) is 4. The molecule has 11 nitrogen and oxygen atoms in total. The lowest BCUT2D eigenvalue weighted by Crippen LogP contribution is -2.57. The quantitative estimate of drug-likeness (QED) is 0.208. The van der Waals surface area contributed by atoms with Crippen molar-refractivity contribution in [3.05, 3.63) is 47.5 Å². The molecule has 0 saturated carbocycles. The third-order valence-corrected chi connectivity index (χ3v) is 6.08. The Kier molecular flexibility index (Phi) is 9.74. The Labute approximate surface area is 208 Å². The zero-order valence-corrected chi connectivity index (χ0v) is 20.1. The number of benzene rings is 2. The number of hydrogen-bond donors (Lipinski definition) is 7. The molecule has 3 rings (SSSR count). The molecule has 11 heteroatoms. The van der Waals surface area contributed by atoms with Gasteiger partial charge >= 0.3 is 0 Å². The number of rotatable bonds is 11. The van der Waals surface area contributed by atoms with Crippen LogP contribution in [0.25, 0.3) is 0 Å².